The molecule has 1 saturated heterocycles. The number of hydrogen-bond donors (Lipinski definition) is 1. The van der Waals surface area contributed by atoms with Crippen molar-refractivity contribution >= 4 is 57.5 Å². The van der Waals surface area contributed by atoms with E-state index in [9.17, 15) is 24.0 Å². The highest BCUT2D eigenvalue weighted by atomic mass is 79.9. The summed E-state index contributed by atoms with van der Waals surface area (Å²) in [5.74, 6) is -2.59. The van der Waals surface area contributed by atoms with Crippen molar-refractivity contribution in [2.75, 3.05) is 19.0 Å². The molecule has 2 aliphatic heterocycles. The van der Waals surface area contributed by atoms with Gasteiger partial charge in [-0.25, -0.2) is 9.10 Å². The SMILES string of the molecule is C=C(CBr)C(C(=O)OC)N1C(=O)C(NC(=O)COc2ccccc2)C1SN1C(=O)c2ccccc2C1=O. The number of hydrogen-bond acceptors (Lipinski definition) is 8. The van der Waals surface area contributed by atoms with Crippen LogP contribution in [0.5, 0.6) is 5.75 Å². The fourth-order valence-electron chi connectivity index (χ4n) is 3.92. The maximum absolute atomic E-state index is 13.2. The molecule has 2 aliphatic rings. The predicted molar refractivity (Wildman–Crippen MR) is 138 cm³/mol. The molecule has 0 bridgehead atoms. The maximum atomic E-state index is 13.2. The van der Waals surface area contributed by atoms with Gasteiger partial charge in [-0.05, 0) is 41.8 Å². The molecule has 2 heterocycles. The molecule has 192 valence electrons. The molecule has 4 amide bonds. The number of rotatable bonds is 10. The first-order valence-electron chi connectivity index (χ1n) is 11.0. The third-order valence-corrected chi connectivity index (χ3v) is 7.72. The number of nitrogens with zero attached hydrogens (tertiary/aromatic N) is 2. The van der Waals surface area contributed by atoms with Crippen LogP contribution in [0.4, 0.5) is 0 Å². The van der Waals surface area contributed by atoms with E-state index in [1.54, 1.807) is 42.5 Å². The number of β-lactam (4-membered cyclic amide) rings is 1. The van der Waals surface area contributed by atoms with Gasteiger partial charge in [-0.3, -0.25) is 19.2 Å². The van der Waals surface area contributed by atoms with E-state index in [4.69, 9.17) is 9.47 Å². The molecule has 2 aromatic carbocycles. The number of benzene rings is 2. The zero-order valence-electron chi connectivity index (χ0n) is 19.6. The molecular weight excluding hydrogens is 566 g/mol. The number of fused-ring (bicyclic) bond motifs is 1. The summed E-state index contributed by atoms with van der Waals surface area (Å²) in [6, 6.07) is 12.7. The molecule has 1 N–H and O–H groups in total. The standard InChI is InChI=1S/C25H22BrN3O7S/c1-14(12-26)20(25(34)35-2)28-23(33)19(27-18(30)13-36-15-8-4-3-5-9-15)24(28)37-29-21(31)16-10-6-7-11-17(16)22(29)32/h3-11,19-20,24H,1,12-13H2,2H3,(H,27,30). The van der Waals surface area contributed by atoms with Crippen molar-refractivity contribution in [1.29, 1.82) is 0 Å². The minimum absolute atomic E-state index is 0.183. The Hall–Kier alpha value is -3.64. The van der Waals surface area contributed by atoms with E-state index in [1.807, 2.05) is 0 Å². The van der Waals surface area contributed by atoms with E-state index in [0.29, 0.717) is 11.3 Å². The summed E-state index contributed by atoms with van der Waals surface area (Å²) < 4.78 is 11.3. The van der Waals surface area contributed by atoms with Crippen molar-refractivity contribution in [2.45, 2.75) is 17.5 Å². The number of carbonyl (C=O) groups excluding carboxylic acids is 5. The number of para-hydroxylation sites is 1. The molecule has 3 unspecified atom stereocenters. The highest BCUT2D eigenvalue weighted by Crippen LogP contribution is 2.40. The van der Waals surface area contributed by atoms with Crippen LogP contribution < -0.4 is 10.1 Å². The number of alkyl halides is 1. The lowest BCUT2D eigenvalue weighted by Crippen LogP contribution is -2.74. The van der Waals surface area contributed by atoms with Crippen LogP contribution in [-0.4, -0.2) is 75.3 Å². The molecule has 3 atom stereocenters. The largest absolute Gasteiger partial charge is 0.484 e. The van der Waals surface area contributed by atoms with Gasteiger partial charge < -0.3 is 19.7 Å². The van der Waals surface area contributed by atoms with Gasteiger partial charge in [-0.1, -0.05) is 52.8 Å². The van der Waals surface area contributed by atoms with Crippen molar-refractivity contribution in [3.05, 3.63) is 77.9 Å². The predicted octanol–water partition coefficient (Wildman–Crippen LogP) is 2.16. The van der Waals surface area contributed by atoms with Gasteiger partial charge in [-0.15, -0.1) is 0 Å². The third kappa shape index (κ3) is 5.12. The monoisotopic (exact) mass is 587 g/mol. The van der Waals surface area contributed by atoms with Gasteiger partial charge in [0, 0.05) is 5.33 Å². The highest BCUT2D eigenvalue weighted by Gasteiger charge is 2.56. The van der Waals surface area contributed by atoms with Crippen LogP contribution in [0, 0.1) is 0 Å². The van der Waals surface area contributed by atoms with Crippen LogP contribution in [0.15, 0.2) is 66.7 Å². The van der Waals surface area contributed by atoms with Gasteiger partial charge in [0.2, 0.25) is 5.91 Å². The smallest absolute Gasteiger partial charge is 0.332 e. The number of amides is 4. The van der Waals surface area contributed by atoms with Crippen molar-refractivity contribution in [3.63, 3.8) is 0 Å². The van der Waals surface area contributed by atoms with Crippen LogP contribution in [0.25, 0.3) is 0 Å². The summed E-state index contributed by atoms with van der Waals surface area (Å²) in [7, 11) is 1.17. The second-order valence-corrected chi connectivity index (χ2v) is 9.68. The van der Waals surface area contributed by atoms with Gasteiger partial charge >= 0.3 is 5.97 Å². The molecule has 0 aromatic heterocycles. The number of ether oxygens (including phenoxy) is 2. The quantitative estimate of drug-likeness (QED) is 0.112. The summed E-state index contributed by atoms with van der Waals surface area (Å²) in [5.41, 5.74) is 0.775. The number of imide groups is 1. The molecule has 0 spiro atoms. The lowest BCUT2D eigenvalue weighted by Gasteiger charge is -2.49. The van der Waals surface area contributed by atoms with Crippen LogP contribution in [0.3, 0.4) is 0 Å². The fraction of sp³-hybridized carbons (Fsp3) is 0.240. The molecule has 37 heavy (non-hydrogen) atoms. The number of esters is 1. The van der Waals surface area contributed by atoms with Gasteiger partial charge in [0.15, 0.2) is 12.6 Å². The van der Waals surface area contributed by atoms with E-state index >= 15 is 0 Å². The van der Waals surface area contributed by atoms with E-state index in [2.05, 4.69) is 27.8 Å². The van der Waals surface area contributed by atoms with E-state index in [0.717, 1.165) is 21.2 Å². The zero-order valence-corrected chi connectivity index (χ0v) is 22.0. The Bertz CT molecular complexity index is 1220. The molecule has 0 saturated carbocycles. The maximum Gasteiger partial charge on any atom is 0.332 e. The van der Waals surface area contributed by atoms with Crippen molar-refractivity contribution in [3.8, 4) is 5.75 Å². The van der Waals surface area contributed by atoms with Crippen LogP contribution in [-0.2, 0) is 19.1 Å². The Morgan fingerprint density at radius 2 is 1.65 bits per heavy atom. The van der Waals surface area contributed by atoms with Crippen LogP contribution in [0.2, 0.25) is 0 Å². The summed E-state index contributed by atoms with van der Waals surface area (Å²) in [5, 5.41) is 1.78. The Morgan fingerprint density at radius 3 is 2.22 bits per heavy atom. The first-order chi connectivity index (χ1) is 17.8. The molecule has 10 nitrogen and oxygen atoms in total. The minimum atomic E-state index is -1.20. The molecule has 1 fully saturated rings. The summed E-state index contributed by atoms with van der Waals surface area (Å²) in [6.45, 7) is 3.48. The van der Waals surface area contributed by atoms with E-state index < -0.39 is 47.1 Å². The van der Waals surface area contributed by atoms with Gasteiger partial charge in [0.1, 0.15) is 17.2 Å². The number of halogens is 1. The lowest BCUT2D eigenvalue weighted by atomic mass is 9.99. The average molecular weight is 588 g/mol. The Morgan fingerprint density at radius 1 is 1.05 bits per heavy atom. The number of nitrogens with one attached hydrogen (secondary N) is 1. The molecular formula is C25H22BrN3O7S. The van der Waals surface area contributed by atoms with Crippen LogP contribution >= 0.6 is 27.9 Å². The van der Waals surface area contributed by atoms with E-state index in [-0.39, 0.29) is 23.1 Å². The molecule has 0 aliphatic carbocycles. The molecule has 2 aromatic rings. The molecule has 12 heteroatoms. The van der Waals surface area contributed by atoms with Crippen molar-refractivity contribution in [2.24, 2.45) is 0 Å². The first-order valence-corrected chi connectivity index (χ1v) is 13.0. The highest BCUT2D eigenvalue weighted by molar-refractivity contribution is 9.09. The van der Waals surface area contributed by atoms with Crippen molar-refractivity contribution in [1.82, 2.24) is 14.5 Å². The Labute approximate surface area is 225 Å². The average Bonchev–Trinajstić information content (AvgIpc) is 3.17. The zero-order chi connectivity index (χ0) is 26.7. The van der Waals surface area contributed by atoms with Gasteiger partial charge in [0.25, 0.3) is 17.7 Å². The topological polar surface area (TPSA) is 122 Å². The second-order valence-electron chi connectivity index (χ2n) is 8.06. The Balaban J connectivity index is 1.57. The van der Waals surface area contributed by atoms with Gasteiger partial charge in [0.05, 0.1) is 18.2 Å². The first kappa shape index (κ1) is 26.4. The van der Waals surface area contributed by atoms with E-state index in [1.165, 1.54) is 19.2 Å². The second kappa shape index (κ2) is 11.2. The normalized spacial score (nSPS) is 19.1. The number of carbonyl (C=O) groups is 5. The number of likely N-dealkylation sites (tertiary alicyclic amines) is 1. The molecule has 4 rings (SSSR count). The van der Waals surface area contributed by atoms with Crippen LogP contribution in [0.1, 0.15) is 20.7 Å². The summed E-state index contributed by atoms with van der Waals surface area (Å²) in [6.07, 6.45) is 0. The van der Waals surface area contributed by atoms with Crippen molar-refractivity contribution < 1.29 is 33.4 Å². The summed E-state index contributed by atoms with van der Waals surface area (Å²) in [4.78, 5) is 65.6. The lowest BCUT2D eigenvalue weighted by molar-refractivity contribution is -0.161. The minimum Gasteiger partial charge on any atom is -0.484 e. The summed E-state index contributed by atoms with van der Waals surface area (Å²) >= 11 is 3.99. The number of methoxy groups -OCH3 is 1. The Kier molecular flexibility index (Phi) is 7.98. The molecule has 0 radical (unpaired) electrons. The fourth-order valence-corrected chi connectivity index (χ4v) is 5.46. The third-order valence-electron chi connectivity index (χ3n) is 5.74. The van der Waals surface area contributed by atoms with Gasteiger partial charge in [-0.2, -0.15) is 0 Å².